The standard InChI is InChI=1S/C14H16ClN3O2/c1-10-13(14(19)16-6-7-20-2)9-17-18(10)12-5-3-4-11(15)8-12/h3-5,8-9H,6-7H2,1-2H3,(H,16,19). The Morgan fingerprint density at radius 3 is 3.00 bits per heavy atom. The molecule has 0 bridgehead atoms. The molecule has 0 saturated carbocycles. The van der Waals surface area contributed by atoms with Crippen molar-refractivity contribution in [1.82, 2.24) is 15.1 Å². The number of carbonyl (C=O) groups excluding carboxylic acids is 1. The van der Waals surface area contributed by atoms with Gasteiger partial charge in [0.2, 0.25) is 0 Å². The Kier molecular flexibility index (Phi) is 4.76. The highest BCUT2D eigenvalue weighted by atomic mass is 35.5. The molecule has 0 aliphatic rings. The molecule has 2 rings (SSSR count). The second kappa shape index (κ2) is 6.54. The first-order valence-corrected chi connectivity index (χ1v) is 6.59. The van der Waals surface area contributed by atoms with Gasteiger partial charge in [-0.15, -0.1) is 0 Å². The van der Waals surface area contributed by atoms with Crippen LogP contribution in [0.3, 0.4) is 0 Å². The molecule has 6 heteroatoms. The van der Waals surface area contributed by atoms with E-state index in [1.165, 1.54) is 0 Å². The molecule has 1 N–H and O–H groups in total. The molecule has 1 amide bonds. The summed E-state index contributed by atoms with van der Waals surface area (Å²) in [5.41, 5.74) is 2.13. The van der Waals surface area contributed by atoms with E-state index in [2.05, 4.69) is 10.4 Å². The van der Waals surface area contributed by atoms with Gasteiger partial charge in [-0.3, -0.25) is 4.79 Å². The van der Waals surface area contributed by atoms with Gasteiger partial charge in [0.15, 0.2) is 0 Å². The number of halogens is 1. The van der Waals surface area contributed by atoms with E-state index in [-0.39, 0.29) is 5.91 Å². The van der Waals surface area contributed by atoms with Crippen LogP contribution in [0.2, 0.25) is 5.02 Å². The maximum atomic E-state index is 12.0. The van der Waals surface area contributed by atoms with Gasteiger partial charge >= 0.3 is 0 Å². The van der Waals surface area contributed by atoms with Crippen LogP contribution in [0.4, 0.5) is 0 Å². The van der Waals surface area contributed by atoms with Gasteiger partial charge in [0, 0.05) is 18.7 Å². The zero-order valence-corrected chi connectivity index (χ0v) is 12.1. The highest BCUT2D eigenvalue weighted by Gasteiger charge is 2.14. The van der Waals surface area contributed by atoms with Gasteiger partial charge in [-0.25, -0.2) is 4.68 Å². The van der Waals surface area contributed by atoms with Crippen LogP contribution in [-0.2, 0) is 4.74 Å². The molecule has 0 atom stereocenters. The normalized spacial score (nSPS) is 10.6. The fourth-order valence-electron chi connectivity index (χ4n) is 1.86. The molecule has 1 heterocycles. The van der Waals surface area contributed by atoms with Crippen molar-refractivity contribution in [3.63, 3.8) is 0 Å². The predicted molar refractivity (Wildman–Crippen MR) is 77.5 cm³/mol. The van der Waals surface area contributed by atoms with Crippen molar-refractivity contribution in [2.24, 2.45) is 0 Å². The number of benzene rings is 1. The summed E-state index contributed by atoms with van der Waals surface area (Å²) in [6, 6.07) is 7.33. The third kappa shape index (κ3) is 3.18. The third-order valence-corrected chi connectivity index (χ3v) is 3.13. The van der Waals surface area contributed by atoms with E-state index in [0.29, 0.717) is 23.7 Å². The van der Waals surface area contributed by atoms with Crippen molar-refractivity contribution in [2.75, 3.05) is 20.3 Å². The molecular formula is C14H16ClN3O2. The first kappa shape index (κ1) is 14.6. The topological polar surface area (TPSA) is 56.1 Å². The van der Waals surface area contributed by atoms with E-state index in [0.717, 1.165) is 11.4 Å². The van der Waals surface area contributed by atoms with Gasteiger partial charge < -0.3 is 10.1 Å². The summed E-state index contributed by atoms with van der Waals surface area (Å²) >= 11 is 5.97. The number of nitrogens with one attached hydrogen (secondary N) is 1. The molecule has 1 aromatic heterocycles. The largest absolute Gasteiger partial charge is 0.383 e. The van der Waals surface area contributed by atoms with Crippen molar-refractivity contribution < 1.29 is 9.53 Å². The summed E-state index contributed by atoms with van der Waals surface area (Å²) in [5.74, 6) is -0.159. The summed E-state index contributed by atoms with van der Waals surface area (Å²) in [6.07, 6.45) is 1.55. The van der Waals surface area contributed by atoms with Gasteiger partial charge in [0.1, 0.15) is 0 Å². The van der Waals surface area contributed by atoms with E-state index < -0.39 is 0 Å². The van der Waals surface area contributed by atoms with Crippen LogP contribution >= 0.6 is 11.6 Å². The van der Waals surface area contributed by atoms with Gasteiger partial charge in [-0.1, -0.05) is 17.7 Å². The number of nitrogens with zero attached hydrogens (tertiary/aromatic N) is 2. The van der Waals surface area contributed by atoms with Crippen LogP contribution < -0.4 is 5.32 Å². The predicted octanol–water partition coefficient (Wildman–Crippen LogP) is 2.21. The summed E-state index contributed by atoms with van der Waals surface area (Å²) < 4.78 is 6.59. The number of amides is 1. The molecule has 20 heavy (non-hydrogen) atoms. The number of methoxy groups -OCH3 is 1. The Morgan fingerprint density at radius 2 is 2.30 bits per heavy atom. The molecular weight excluding hydrogens is 278 g/mol. The average molecular weight is 294 g/mol. The Hall–Kier alpha value is -1.85. The van der Waals surface area contributed by atoms with E-state index in [4.69, 9.17) is 16.3 Å². The monoisotopic (exact) mass is 293 g/mol. The van der Waals surface area contributed by atoms with E-state index >= 15 is 0 Å². The molecule has 1 aromatic carbocycles. The maximum absolute atomic E-state index is 12.0. The lowest BCUT2D eigenvalue weighted by molar-refractivity contribution is 0.0936. The van der Waals surface area contributed by atoms with Gasteiger partial charge in [0.25, 0.3) is 5.91 Å². The van der Waals surface area contributed by atoms with Gasteiger partial charge in [-0.2, -0.15) is 5.10 Å². The summed E-state index contributed by atoms with van der Waals surface area (Å²) in [7, 11) is 1.59. The molecule has 0 aliphatic carbocycles. The summed E-state index contributed by atoms with van der Waals surface area (Å²) in [6.45, 7) is 2.80. The minimum atomic E-state index is -0.159. The van der Waals surface area contributed by atoms with Crippen molar-refractivity contribution in [3.8, 4) is 5.69 Å². The fourth-order valence-corrected chi connectivity index (χ4v) is 2.05. The number of rotatable bonds is 5. The second-order valence-corrected chi connectivity index (χ2v) is 4.72. The second-order valence-electron chi connectivity index (χ2n) is 4.28. The molecule has 5 nitrogen and oxygen atoms in total. The average Bonchev–Trinajstić information content (AvgIpc) is 2.81. The minimum Gasteiger partial charge on any atom is -0.383 e. The SMILES string of the molecule is COCCNC(=O)c1cnn(-c2cccc(Cl)c2)c1C. The molecule has 0 saturated heterocycles. The highest BCUT2D eigenvalue weighted by Crippen LogP contribution is 2.17. The zero-order valence-electron chi connectivity index (χ0n) is 11.4. The number of hydrogen-bond acceptors (Lipinski definition) is 3. The lowest BCUT2D eigenvalue weighted by Gasteiger charge is -2.06. The van der Waals surface area contributed by atoms with Crippen LogP contribution in [0.5, 0.6) is 0 Å². The molecule has 0 aliphatic heterocycles. The Morgan fingerprint density at radius 1 is 1.50 bits per heavy atom. The Labute approximate surface area is 122 Å². The van der Waals surface area contributed by atoms with Crippen LogP contribution in [0.25, 0.3) is 5.69 Å². The highest BCUT2D eigenvalue weighted by molar-refractivity contribution is 6.30. The first-order chi connectivity index (χ1) is 9.63. The molecule has 0 unspecified atom stereocenters. The van der Waals surface area contributed by atoms with Crippen LogP contribution in [0.1, 0.15) is 16.1 Å². The Bertz CT molecular complexity index is 610. The number of carbonyl (C=O) groups is 1. The lowest BCUT2D eigenvalue weighted by atomic mass is 10.2. The molecule has 2 aromatic rings. The van der Waals surface area contributed by atoms with E-state index in [1.54, 1.807) is 30.1 Å². The molecule has 0 fully saturated rings. The quantitative estimate of drug-likeness (QED) is 0.860. The number of hydrogen-bond donors (Lipinski definition) is 1. The van der Waals surface area contributed by atoms with Crippen molar-refractivity contribution in [2.45, 2.75) is 6.92 Å². The number of ether oxygens (including phenoxy) is 1. The van der Waals surface area contributed by atoms with Crippen LogP contribution in [0.15, 0.2) is 30.5 Å². The van der Waals surface area contributed by atoms with Gasteiger partial charge in [-0.05, 0) is 25.1 Å². The fraction of sp³-hybridized carbons (Fsp3) is 0.286. The Balaban J connectivity index is 2.21. The first-order valence-electron chi connectivity index (χ1n) is 6.21. The van der Waals surface area contributed by atoms with E-state index in [1.807, 2.05) is 19.1 Å². The van der Waals surface area contributed by atoms with Crippen molar-refractivity contribution in [3.05, 3.63) is 46.7 Å². The summed E-state index contributed by atoms with van der Waals surface area (Å²) in [4.78, 5) is 12.0. The smallest absolute Gasteiger partial charge is 0.254 e. The van der Waals surface area contributed by atoms with Crippen molar-refractivity contribution in [1.29, 1.82) is 0 Å². The minimum absolute atomic E-state index is 0.159. The van der Waals surface area contributed by atoms with Crippen LogP contribution in [0, 0.1) is 6.92 Å². The van der Waals surface area contributed by atoms with E-state index in [9.17, 15) is 4.79 Å². The van der Waals surface area contributed by atoms with Crippen LogP contribution in [-0.4, -0.2) is 35.9 Å². The molecule has 0 spiro atoms. The third-order valence-electron chi connectivity index (χ3n) is 2.90. The summed E-state index contributed by atoms with van der Waals surface area (Å²) in [5, 5.41) is 7.64. The maximum Gasteiger partial charge on any atom is 0.254 e. The lowest BCUT2D eigenvalue weighted by Crippen LogP contribution is -2.27. The van der Waals surface area contributed by atoms with Gasteiger partial charge in [0.05, 0.1) is 29.7 Å². The zero-order chi connectivity index (χ0) is 14.5. The molecule has 106 valence electrons. The van der Waals surface area contributed by atoms with Crippen molar-refractivity contribution >= 4 is 17.5 Å². The number of aromatic nitrogens is 2. The molecule has 0 radical (unpaired) electrons.